The smallest absolute Gasteiger partial charge is 0.339 e. The number of hydrogen-bond acceptors (Lipinski definition) is 3. The lowest BCUT2D eigenvalue weighted by Crippen LogP contribution is -2.00. The van der Waals surface area contributed by atoms with Crippen LogP contribution in [0.2, 0.25) is 0 Å². The predicted molar refractivity (Wildman–Crippen MR) is 80.6 cm³/mol. The third kappa shape index (κ3) is 3.54. The van der Waals surface area contributed by atoms with E-state index in [1.165, 1.54) is 18.7 Å². The SMILES string of the molecule is COc1ccc(C(=O)O)c(Oc2ccc(C(C)C)cc2)c1. The first-order valence-electron chi connectivity index (χ1n) is 6.70. The van der Waals surface area contributed by atoms with Crippen molar-refractivity contribution in [3.63, 3.8) is 0 Å². The molecule has 0 fully saturated rings. The standard InChI is InChI=1S/C17H18O4/c1-11(2)12-4-6-13(7-5-12)21-16-10-14(20-3)8-9-15(16)17(18)19/h4-11H,1-3H3,(H,18,19). The molecule has 1 N–H and O–H groups in total. The fraction of sp³-hybridized carbons (Fsp3) is 0.235. The fourth-order valence-electron chi connectivity index (χ4n) is 1.94. The number of rotatable bonds is 5. The summed E-state index contributed by atoms with van der Waals surface area (Å²) >= 11 is 0. The molecule has 4 nitrogen and oxygen atoms in total. The minimum absolute atomic E-state index is 0.101. The molecule has 0 heterocycles. The van der Waals surface area contributed by atoms with Gasteiger partial charge in [0.05, 0.1) is 7.11 Å². The zero-order chi connectivity index (χ0) is 15.4. The number of benzene rings is 2. The van der Waals surface area contributed by atoms with Crippen LogP contribution in [0.5, 0.6) is 17.2 Å². The van der Waals surface area contributed by atoms with E-state index < -0.39 is 5.97 Å². The highest BCUT2D eigenvalue weighted by Crippen LogP contribution is 2.30. The Morgan fingerprint density at radius 2 is 1.67 bits per heavy atom. The molecule has 0 saturated heterocycles. The van der Waals surface area contributed by atoms with Crippen molar-refractivity contribution in [1.82, 2.24) is 0 Å². The van der Waals surface area contributed by atoms with Gasteiger partial charge in [-0.1, -0.05) is 26.0 Å². The van der Waals surface area contributed by atoms with Crippen LogP contribution in [-0.4, -0.2) is 18.2 Å². The minimum atomic E-state index is -1.04. The average molecular weight is 286 g/mol. The number of hydrogen-bond donors (Lipinski definition) is 1. The highest BCUT2D eigenvalue weighted by Gasteiger charge is 2.13. The van der Waals surface area contributed by atoms with E-state index in [1.807, 2.05) is 24.3 Å². The van der Waals surface area contributed by atoms with Gasteiger partial charge < -0.3 is 14.6 Å². The quantitative estimate of drug-likeness (QED) is 0.889. The fourth-order valence-corrected chi connectivity index (χ4v) is 1.94. The molecule has 4 heteroatoms. The Balaban J connectivity index is 2.31. The van der Waals surface area contributed by atoms with E-state index in [-0.39, 0.29) is 11.3 Å². The summed E-state index contributed by atoms with van der Waals surface area (Å²) in [5.74, 6) is 0.806. The first-order chi connectivity index (χ1) is 10.0. The van der Waals surface area contributed by atoms with Crippen LogP contribution in [0.4, 0.5) is 0 Å². The van der Waals surface area contributed by atoms with Crippen molar-refractivity contribution in [3.05, 3.63) is 53.6 Å². The Hall–Kier alpha value is -2.49. The summed E-state index contributed by atoms with van der Waals surface area (Å²) in [6.45, 7) is 4.22. The Labute approximate surface area is 123 Å². The van der Waals surface area contributed by atoms with Crippen molar-refractivity contribution < 1.29 is 19.4 Å². The second kappa shape index (κ2) is 6.31. The van der Waals surface area contributed by atoms with Gasteiger partial charge in [0, 0.05) is 6.07 Å². The highest BCUT2D eigenvalue weighted by molar-refractivity contribution is 5.91. The summed E-state index contributed by atoms with van der Waals surface area (Å²) in [4.78, 5) is 11.2. The largest absolute Gasteiger partial charge is 0.497 e. The average Bonchev–Trinajstić information content (AvgIpc) is 2.47. The third-order valence-electron chi connectivity index (χ3n) is 3.19. The van der Waals surface area contributed by atoms with Crippen LogP contribution in [-0.2, 0) is 0 Å². The molecule has 110 valence electrons. The van der Waals surface area contributed by atoms with Crippen molar-refractivity contribution in [2.75, 3.05) is 7.11 Å². The van der Waals surface area contributed by atoms with Crippen LogP contribution in [0.25, 0.3) is 0 Å². The number of aromatic carboxylic acids is 1. The summed E-state index contributed by atoms with van der Waals surface area (Å²) in [6, 6.07) is 12.2. The van der Waals surface area contributed by atoms with E-state index in [0.717, 1.165) is 0 Å². The van der Waals surface area contributed by atoms with Crippen LogP contribution in [0.1, 0.15) is 35.7 Å². The summed E-state index contributed by atoms with van der Waals surface area (Å²) in [6.07, 6.45) is 0. The summed E-state index contributed by atoms with van der Waals surface area (Å²) < 4.78 is 10.8. The lowest BCUT2D eigenvalue weighted by molar-refractivity contribution is 0.0694. The van der Waals surface area contributed by atoms with Crippen LogP contribution in [0, 0.1) is 0 Å². The van der Waals surface area contributed by atoms with Gasteiger partial charge in [-0.05, 0) is 35.7 Å². The van der Waals surface area contributed by atoms with E-state index >= 15 is 0 Å². The van der Waals surface area contributed by atoms with E-state index in [9.17, 15) is 9.90 Å². The van der Waals surface area contributed by atoms with Gasteiger partial charge in [0.2, 0.25) is 0 Å². The van der Waals surface area contributed by atoms with E-state index in [4.69, 9.17) is 9.47 Å². The van der Waals surface area contributed by atoms with Crippen molar-refractivity contribution in [2.45, 2.75) is 19.8 Å². The van der Waals surface area contributed by atoms with Gasteiger partial charge in [-0.15, -0.1) is 0 Å². The second-order valence-electron chi connectivity index (χ2n) is 4.99. The molecule has 2 aromatic carbocycles. The summed E-state index contributed by atoms with van der Waals surface area (Å²) in [5, 5.41) is 9.20. The van der Waals surface area contributed by atoms with Crippen LogP contribution < -0.4 is 9.47 Å². The van der Waals surface area contributed by atoms with Crippen molar-refractivity contribution in [3.8, 4) is 17.2 Å². The van der Waals surface area contributed by atoms with Gasteiger partial charge in [0.15, 0.2) is 0 Å². The van der Waals surface area contributed by atoms with Crippen molar-refractivity contribution in [2.24, 2.45) is 0 Å². The highest BCUT2D eigenvalue weighted by atomic mass is 16.5. The molecule has 0 atom stereocenters. The minimum Gasteiger partial charge on any atom is -0.497 e. The Bertz CT molecular complexity index is 630. The molecule has 21 heavy (non-hydrogen) atoms. The van der Waals surface area contributed by atoms with Gasteiger partial charge in [0.1, 0.15) is 22.8 Å². The molecule has 0 amide bonds. The predicted octanol–water partition coefficient (Wildman–Crippen LogP) is 4.31. The van der Waals surface area contributed by atoms with Gasteiger partial charge in [-0.3, -0.25) is 0 Å². The van der Waals surface area contributed by atoms with Crippen molar-refractivity contribution >= 4 is 5.97 Å². The topological polar surface area (TPSA) is 55.8 Å². The summed E-state index contributed by atoms with van der Waals surface area (Å²) in [5.41, 5.74) is 1.30. The third-order valence-corrected chi connectivity index (χ3v) is 3.19. The first-order valence-corrected chi connectivity index (χ1v) is 6.70. The van der Waals surface area contributed by atoms with Gasteiger partial charge >= 0.3 is 5.97 Å². The number of carbonyl (C=O) groups is 1. The molecular formula is C17H18O4. The van der Waals surface area contributed by atoms with Crippen LogP contribution >= 0.6 is 0 Å². The molecule has 0 radical (unpaired) electrons. The monoisotopic (exact) mass is 286 g/mol. The lowest BCUT2D eigenvalue weighted by Gasteiger charge is -2.11. The number of methoxy groups -OCH3 is 1. The van der Waals surface area contributed by atoms with E-state index in [2.05, 4.69) is 13.8 Å². The zero-order valence-electron chi connectivity index (χ0n) is 12.3. The normalized spacial score (nSPS) is 10.5. The molecule has 0 spiro atoms. The van der Waals surface area contributed by atoms with Crippen LogP contribution in [0.3, 0.4) is 0 Å². The molecule has 0 aliphatic rings. The zero-order valence-corrected chi connectivity index (χ0v) is 12.3. The Kier molecular flexibility index (Phi) is 4.48. The number of ether oxygens (including phenoxy) is 2. The maximum Gasteiger partial charge on any atom is 0.339 e. The Morgan fingerprint density at radius 1 is 1.05 bits per heavy atom. The van der Waals surface area contributed by atoms with Gasteiger partial charge in [0.25, 0.3) is 0 Å². The maximum atomic E-state index is 11.2. The van der Waals surface area contributed by atoms with Crippen LogP contribution in [0.15, 0.2) is 42.5 Å². The molecule has 2 aromatic rings. The molecule has 0 aliphatic carbocycles. The maximum absolute atomic E-state index is 11.2. The first kappa shape index (κ1) is 14.9. The number of carboxylic acid groups (broad SMARTS) is 1. The molecule has 0 bridgehead atoms. The molecule has 0 aliphatic heterocycles. The molecule has 0 aromatic heterocycles. The van der Waals surface area contributed by atoms with E-state index in [1.54, 1.807) is 12.1 Å². The molecule has 0 saturated carbocycles. The number of carboxylic acids is 1. The second-order valence-corrected chi connectivity index (χ2v) is 4.99. The Morgan fingerprint density at radius 3 is 2.19 bits per heavy atom. The van der Waals surface area contributed by atoms with Gasteiger partial charge in [-0.25, -0.2) is 4.79 Å². The molecular weight excluding hydrogens is 268 g/mol. The molecule has 2 rings (SSSR count). The molecule has 0 unspecified atom stereocenters. The summed E-state index contributed by atoms with van der Waals surface area (Å²) in [7, 11) is 1.52. The van der Waals surface area contributed by atoms with Gasteiger partial charge in [-0.2, -0.15) is 0 Å². The van der Waals surface area contributed by atoms with E-state index in [0.29, 0.717) is 17.4 Å². The lowest BCUT2D eigenvalue weighted by atomic mass is 10.0. The van der Waals surface area contributed by atoms with Crippen molar-refractivity contribution in [1.29, 1.82) is 0 Å².